The molecule has 3 aromatic rings. The van der Waals surface area contributed by atoms with Crippen molar-refractivity contribution in [3.8, 4) is 11.1 Å². The fourth-order valence-electron chi connectivity index (χ4n) is 3.09. The van der Waals surface area contributed by atoms with Gasteiger partial charge in [0, 0.05) is 28.6 Å². The number of esters is 1. The number of hydrogen-bond donors (Lipinski definition) is 1. The summed E-state index contributed by atoms with van der Waals surface area (Å²) in [4.78, 5) is 26.3. The van der Waals surface area contributed by atoms with Gasteiger partial charge in [-0.05, 0) is 29.5 Å². The van der Waals surface area contributed by atoms with E-state index in [-0.39, 0.29) is 17.7 Å². The molecule has 0 aliphatic rings. The van der Waals surface area contributed by atoms with Crippen LogP contribution < -0.4 is 0 Å². The van der Waals surface area contributed by atoms with Crippen LogP contribution >= 0.6 is 0 Å². The van der Waals surface area contributed by atoms with Gasteiger partial charge in [0.1, 0.15) is 5.69 Å². The van der Waals surface area contributed by atoms with Crippen LogP contribution in [0, 0.1) is 10.1 Å². The molecule has 0 unspecified atom stereocenters. The van der Waals surface area contributed by atoms with E-state index in [1.165, 1.54) is 12.1 Å². The van der Waals surface area contributed by atoms with E-state index in [1.54, 1.807) is 13.0 Å². The van der Waals surface area contributed by atoms with E-state index in [9.17, 15) is 14.9 Å². The summed E-state index contributed by atoms with van der Waals surface area (Å²) in [5, 5.41) is 11.8. The van der Waals surface area contributed by atoms with Crippen molar-refractivity contribution in [1.82, 2.24) is 4.98 Å². The summed E-state index contributed by atoms with van der Waals surface area (Å²) in [5.41, 5.74) is 3.51. The smallest absolute Gasteiger partial charge is 0.355 e. The third kappa shape index (κ3) is 3.56. The van der Waals surface area contributed by atoms with Crippen LogP contribution in [0.25, 0.3) is 22.0 Å². The number of nitro benzene ring substituents is 1. The maximum Gasteiger partial charge on any atom is 0.355 e. The molecule has 0 atom stereocenters. The van der Waals surface area contributed by atoms with Crippen molar-refractivity contribution in [2.45, 2.75) is 33.1 Å². The first-order valence-electron chi connectivity index (χ1n) is 8.80. The monoisotopic (exact) mass is 366 g/mol. The number of nitrogens with zero attached hydrogens (tertiary/aromatic N) is 1. The van der Waals surface area contributed by atoms with Crippen LogP contribution in [0.5, 0.6) is 0 Å². The van der Waals surface area contributed by atoms with Crippen molar-refractivity contribution in [3.63, 3.8) is 0 Å². The SMILES string of the molecule is CCOC(=O)c1[nH]c2ccc([N+](=O)[O-])cc2c1-c1ccc(C(C)(C)C)cc1. The number of fused-ring (bicyclic) bond motifs is 1. The molecule has 0 aliphatic carbocycles. The number of benzene rings is 2. The number of H-pyrrole nitrogens is 1. The minimum absolute atomic E-state index is 0.00149. The highest BCUT2D eigenvalue weighted by Crippen LogP contribution is 2.36. The molecule has 1 N–H and O–H groups in total. The lowest BCUT2D eigenvalue weighted by atomic mass is 9.86. The van der Waals surface area contributed by atoms with Crippen molar-refractivity contribution < 1.29 is 14.5 Å². The van der Waals surface area contributed by atoms with Gasteiger partial charge in [-0.1, -0.05) is 45.0 Å². The molecule has 1 heterocycles. The number of nitrogens with one attached hydrogen (secondary N) is 1. The van der Waals surface area contributed by atoms with Crippen molar-refractivity contribution >= 4 is 22.6 Å². The van der Waals surface area contributed by atoms with E-state index in [1.807, 2.05) is 24.3 Å². The Balaban J connectivity index is 2.24. The van der Waals surface area contributed by atoms with Gasteiger partial charge in [-0.3, -0.25) is 10.1 Å². The Morgan fingerprint density at radius 3 is 2.37 bits per heavy atom. The minimum Gasteiger partial charge on any atom is -0.461 e. The molecule has 3 rings (SSSR count). The molecule has 0 fully saturated rings. The van der Waals surface area contributed by atoms with Crippen molar-refractivity contribution in [3.05, 3.63) is 63.8 Å². The molecule has 0 aliphatic heterocycles. The zero-order chi connectivity index (χ0) is 19.8. The summed E-state index contributed by atoms with van der Waals surface area (Å²) in [7, 11) is 0. The molecule has 6 heteroatoms. The van der Waals surface area contributed by atoms with E-state index in [0.717, 1.165) is 11.1 Å². The highest BCUT2D eigenvalue weighted by Gasteiger charge is 2.22. The van der Waals surface area contributed by atoms with E-state index < -0.39 is 10.9 Å². The third-order valence-corrected chi connectivity index (χ3v) is 4.51. The molecule has 0 radical (unpaired) electrons. The quantitative estimate of drug-likeness (QED) is 0.390. The van der Waals surface area contributed by atoms with Gasteiger partial charge in [0.25, 0.3) is 5.69 Å². The molecule has 6 nitrogen and oxygen atoms in total. The second-order valence-corrected chi connectivity index (χ2v) is 7.41. The van der Waals surface area contributed by atoms with Crippen LogP contribution in [0.3, 0.4) is 0 Å². The van der Waals surface area contributed by atoms with Gasteiger partial charge in [0.2, 0.25) is 0 Å². The number of nitro groups is 1. The number of carbonyl (C=O) groups excluding carboxylic acids is 1. The molecule has 140 valence electrons. The van der Waals surface area contributed by atoms with Crippen molar-refractivity contribution in [1.29, 1.82) is 0 Å². The fraction of sp³-hybridized carbons (Fsp3) is 0.286. The van der Waals surface area contributed by atoms with Crippen molar-refractivity contribution in [2.24, 2.45) is 0 Å². The molecule has 0 bridgehead atoms. The van der Waals surface area contributed by atoms with Gasteiger partial charge in [0.15, 0.2) is 0 Å². The van der Waals surface area contributed by atoms with E-state index in [4.69, 9.17) is 4.74 Å². The number of carbonyl (C=O) groups is 1. The van der Waals surface area contributed by atoms with E-state index in [0.29, 0.717) is 22.2 Å². The summed E-state index contributed by atoms with van der Waals surface area (Å²) in [6, 6.07) is 12.4. The number of aromatic nitrogens is 1. The van der Waals surface area contributed by atoms with E-state index >= 15 is 0 Å². The van der Waals surface area contributed by atoms with Gasteiger partial charge in [-0.2, -0.15) is 0 Å². The molecule has 0 saturated heterocycles. The normalized spacial score (nSPS) is 11.6. The predicted molar refractivity (Wildman–Crippen MR) is 105 cm³/mol. The second-order valence-electron chi connectivity index (χ2n) is 7.41. The summed E-state index contributed by atoms with van der Waals surface area (Å²) in [6.07, 6.45) is 0. The Morgan fingerprint density at radius 1 is 1.15 bits per heavy atom. The molecule has 1 aromatic heterocycles. The first-order chi connectivity index (χ1) is 12.7. The summed E-state index contributed by atoms with van der Waals surface area (Å²) < 4.78 is 5.17. The van der Waals surface area contributed by atoms with Crippen LogP contribution in [0.4, 0.5) is 5.69 Å². The second kappa shape index (κ2) is 6.87. The Hall–Kier alpha value is -3.15. The number of aromatic amines is 1. The standard InChI is InChI=1S/C21H22N2O4/c1-5-27-20(24)19-18(13-6-8-14(9-7-13)21(2,3)4)16-12-15(23(25)26)10-11-17(16)22-19/h6-12,22H,5H2,1-4H3. The topological polar surface area (TPSA) is 85.2 Å². The average Bonchev–Trinajstić information content (AvgIpc) is 3.00. The molecule has 0 amide bonds. The molecule has 0 saturated carbocycles. The van der Waals surface area contributed by atoms with Crippen LogP contribution in [-0.4, -0.2) is 22.5 Å². The van der Waals surface area contributed by atoms with Gasteiger partial charge in [0.05, 0.1) is 11.5 Å². The lowest BCUT2D eigenvalue weighted by Gasteiger charge is -2.19. The largest absolute Gasteiger partial charge is 0.461 e. The molecular formula is C21H22N2O4. The summed E-state index contributed by atoms with van der Waals surface area (Å²) in [5.74, 6) is -0.480. The summed E-state index contributed by atoms with van der Waals surface area (Å²) >= 11 is 0. The van der Waals surface area contributed by atoms with Crippen LogP contribution in [-0.2, 0) is 10.2 Å². The van der Waals surface area contributed by atoms with Crippen LogP contribution in [0.15, 0.2) is 42.5 Å². The lowest BCUT2D eigenvalue weighted by Crippen LogP contribution is -2.10. The highest BCUT2D eigenvalue weighted by molar-refractivity contribution is 6.08. The Labute approximate surface area is 157 Å². The lowest BCUT2D eigenvalue weighted by molar-refractivity contribution is -0.384. The molecule has 2 aromatic carbocycles. The first-order valence-corrected chi connectivity index (χ1v) is 8.80. The Bertz CT molecular complexity index is 1010. The third-order valence-electron chi connectivity index (χ3n) is 4.51. The fourth-order valence-corrected chi connectivity index (χ4v) is 3.09. The Kier molecular flexibility index (Phi) is 4.74. The number of ether oxygens (including phenoxy) is 1. The number of non-ortho nitro benzene ring substituents is 1. The highest BCUT2D eigenvalue weighted by atomic mass is 16.6. The number of hydrogen-bond acceptors (Lipinski definition) is 4. The minimum atomic E-state index is -0.480. The van der Waals surface area contributed by atoms with Crippen LogP contribution in [0.2, 0.25) is 0 Å². The zero-order valence-electron chi connectivity index (χ0n) is 15.8. The zero-order valence-corrected chi connectivity index (χ0v) is 15.8. The van der Waals surface area contributed by atoms with Crippen LogP contribution in [0.1, 0.15) is 43.7 Å². The van der Waals surface area contributed by atoms with Crippen molar-refractivity contribution in [2.75, 3.05) is 6.61 Å². The first kappa shape index (κ1) is 18.6. The maximum absolute atomic E-state index is 12.5. The average molecular weight is 366 g/mol. The van der Waals surface area contributed by atoms with Gasteiger partial charge >= 0.3 is 5.97 Å². The number of rotatable bonds is 4. The summed E-state index contributed by atoms with van der Waals surface area (Å²) in [6.45, 7) is 8.36. The van der Waals surface area contributed by atoms with Gasteiger partial charge in [-0.25, -0.2) is 4.79 Å². The molecule has 27 heavy (non-hydrogen) atoms. The van der Waals surface area contributed by atoms with Gasteiger partial charge < -0.3 is 9.72 Å². The Morgan fingerprint density at radius 2 is 1.81 bits per heavy atom. The molecule has 0 spiro atoms. The predicted octanol–water partition coefficient (Wildman–Crippen LogP) is 5.22. The molecular weight excluding hydrogens is 344 g/mol. The van der Waals surface area contributed by atoms with Gasteiger partial charge in [-0.15, -0.1) is 0 Å². The maximum atomic E-state index is 12.5. The van der Waals surface area contributed by atoms with E-state index in [2.05, 4.69) is 25.8 Å².